The highest BCUT2D eigenvalue weighted by atomic mass is 19.1. The van der Waals surface area contributed by atoms with Crippen molar-refractivity contribution in [2.45, 2.75) is 20.8 Å². The van der Waals surface area contributed by atoms with Crippen LogP contribution in [0.15, 0.2) is 47.6 Å². The standard InChI is InChI=1S/C21H24FN3O4/c1-4-28-18-11-10-15(12-19(18)29-5-2)13-23-25-21(27)14(3)20(26)24-17-9-7-6-8-16(17)22/h6-14H,4-5H2,1-3H3,(H,24,26)(H,25,27). The summed E-state index contributed by atoms with van der Waals surface area (Å²) in [6, 6.07) is 11.0. The number of halogens is 1. The van der Waals surface area contributed by atoms with Crippen LogP contribution in [0.1, 0.15) is 26.3 Å². The maximum Gasteiger partial charge on any atom is 0.252 e. The van der Waals surface area contributed by atoms with Crippen LogP contribution in [0.5, 0.6) is 11.5 Å². The Morgan fingerprint density at radius 2 is 1.76 bits per heavy atom. The van der Waals surface area contributed by atoms with Crippen molar-refractivity contribution in [2.75, 3.05) is 18.5 Å². The number of carbonyl (C=O) groups excluding carboxylic acids is 2. The summed E-state index contributed by atoms with van der Waals surface area (Å²) in [6.45, 7) is 6.14. The van der Waals surface area contributed by atoms with Gasteiger partial charge in [-0.2, -0.15) is 5.10 Å². The Bertz CT molecular complexity index is 886. The van der Waals surface area contributed by atoms with Gasteiger partial charge in [0.1, 0.15) is 11.7 Å². The first-order valence-corrected chi connectivity index (χ1v) is 9.24. The third kappa shape index (κ3) is 6.31. The van der Waals surface area contributed by atoms with E-state index >= 15 is 0 Å². The molecule has 1 atom stereocenters. The summed E-state index contributed by atoms with van der Waals surface area (Å²) >= 11 is 0. The summed E-state index contributed by atoms with van der Waals surface area (Å²) in [4.78, 5) is 24.3. The van der Waals surface area contributed by atoms with Crippen LogP contribution in [0.3, 0.4) is 0 Å². The number of carbonyl (C=O) groups is 2. The van der Waals surface area contributed by atoms with Crippen molar-refractivity contribution in [2.24, 2.45) is 11.0 Å². The van der Waals surface area contributed by atoms with Gasteiger partial charge in [-0.1, -0.05) is 12.1 Å². The van der Waals surface area contributed by atoms with Gasteiger partial charge in [-0.3, -0.25) is 9.59 Å². The zero-order valence-electron chi connectivity index (χ0n) is 16.6. The third-order valence-electron chi connectivity index (χ3n) is 3.87. The van der Waals surface area contributed by atoms with Gasteiger partial charge in [0.25, 0.3) is 5.91 Å². The van der Waals surface area contributed by atoms with Crippen molar-refractivity contribution < 1.29 is 23.5 Å². The molecule has 2 rings (SSSR count). The van der Waals surface area contributed by atoms with Crippen molar-refractivity contribution in [1.29, 1.82) is 0 Å². The molecule has 0 radical (unpaired) electrons. The topological polar surface area (TPSA) is 89.0 Å². The second-order valence-corrected chi connectivity index (χ2v) is 6.00. The molecule has 0 bridgehead atoms. The van der Waals surface area contributed by atoms with E-state index in [1.165, 1.54) is 31.3 Å². The summed E-state index contributed by atoms with van der Waals surface area (Å²) in [5, 5.41) is 6.25. The molecule has 0 saturated carbocycles. The molecule has 0 heterocycles. The van der Waals surface area contributed by atoms with Gasteiger partial charge in [-0.05, 0) is 56.7 Å². The van der Waals surface area contributed by atoms with Gasteiger partial charge in [0, 0.05) is 0 Å². The summed E-state index contributed by atoms with van der Waals surface area (Å²) in [5.74, 6) is -1.71. The molecule has 0 spiro atoms. The van der Waals surface area contributed by atoms with Gasteiger partial charge >= 0.3 is 0 Å². The van der Waals surface area contributed by atoms with Crippen LogP contribution in [0, 0.1) is 11.7 Å². The molecular weight excluding hydrogens is 377 g/mol. The molecule has 2 N–H and O–H groups in total. The normalized spacial score (nSPS) is 11.7. The minimum atomic E-state index is -1.06. The number of benzene rings is 2. The second kappa shape index (κ2) is 10.8. The van der Waals surface area contributed by atoms with E-state index in [1.807, 2.05) is 13.8 Å². The summed E-state index contributed by atoms with van der Waals surface area (Å²) < 4.78 is 24.6. The zero-order chi connectivity index (χ0) is 21.2. The van der Waals surface area contributed by atoms with Crippen molar-refractivity contribution in [3.8, 4) is 11.5 Å². The maximum absolute atomic E-state index is 13.6. The van der Waals surface area contributed by atoms with E-state index in [0.29, 0.717) is 30.3 Å². The zero-order valence-corrected chi connectivity index (χ0v) is 16.6. The Morgan fingerprint density at radius 1 is 1.07 bits per heavy atom. The lowest BCUT2D eigenvalue weighted by Gasteiger charge is -2.12. The van der Waals surface area contributed by atoms with Crippen LogP contribution in [0.25, 0.3) is 0 Å². The van der Waals surface area contributed by atoms with Crippen molar-refractivity contribution in [3.63, 3.8) is 0 Å². The number of nitrogens with zero attached hydrogens (tertiary/aromatic N) is 1. The quantitative estimate of drug-likeness (QED) is 0.383. The van der Waals surface area contributed by atoms with Crippen molar-refractivity contribution in [1.82, 2.24) is 5.43 Å². The van der Waals surface area contributed by atoms with Crippen LogP contribution < -0.4 is 20.2 Å². The van der Waals surface area contributed by atoms with Gasteiger partial charge in [-0.15, -0.1) is 0 Å². The van der Waals surface area contributed by atoms with Gasteiger partial charge in [-0.25, -0.2) is 9.82 Å². The van der Waals surface area contributed by atoms with Crippen LogP contribution in [-0.2, 0) is 9.59 Å². The number of amides is 2. The molecule has 0 aliphatic heterocycles. The molecule has 154 valence electrons. The molecular formula is C21H24FN3O4. The number of para-hydroxylation sites is 1. The predicted molar refractivity (Wildman–Crippen MR) is 109 cm³/mol. The molecule has 0 aliphatic carbocycles. The number of rotatable bonds is 9. The number of anilines is 1. The molecule has 29 heavy (non-hydrogen) atoms. The van der Waals surface area contributed by atoms with E-state index in [9.17, 15) is 14.0 Å². The molecule has 1 unspecified atom stereocenters. The Hall–Kier alpha value is -3.42. The fraction of sp³-hybridized carbons (Fsp3) is 0.286. The predicted octanol–water partition coefficient (Wildman–Crippen LogP) is 3.35. The van der Waals surface area contributed by atoms with Crippen LogP contribution in [-0.4, -0.2) is 31.2 Å². The summed E-state index contributed by atoms with van der Waals surface area (Å²) in [7, 11) is 0. The van der Waals surface area contributed by atoms with E-state index in [-0.39, 0.29) is 5.69 Å². The third-order valence-corrected chi connectivity index (χ3v) is 3.87. The molecule has 8 heteroatoms. The first kappa shape index (κ1) is 21.9. The molecule has 0 aromatic heterocycles. The van der Waals surface area contributed by atoms with Crippen molar-refractivity contribution >= 4 is 23.7 Å². The fourth-order valence-corrected chi connectivity index (χ4v) is 2.34. The van der Waals surface area contributed by atoms with Gasteiger partial charge in [0.15, 0.2) is 11.5 Å². The number of ether oxygens (including phenoxy) is 2. The minimum Gasteiger partial charge on any atom is -0.490 e. The lowest BCUT2D eigenvalue weighted by atomic mass is 10.1. The van der Waals surface area contributed by atoms with Gasteiger partial charge in [0.05, 0.1) is 25.1 Å². The minimum absolute atomic E-state index is 0.0125. The van der Waals surface area contributed by atoms with Gasteiger partial charge < -0.3 is 14.8 Å². The second-order valence-electron chi connectivity index (χ2n) is 6.00. The lowest BCUT2D eigenvalue weighted by Crippen LogP contribution is -2.34. The van der Waals surface area contributed by atoms with Crippen LogP contribution in [0.2, 0.25) is 0 Å². The van der Waals surface area contributed by atoms with Crippen LogP contribution >= 0.6 is 0 Å². The lowest BCUT2D eigenvalue weighted by molar-refractivity contribution is -0.131. The number of hydrogen-bond donors (Lipinski definition) is 2. The molecule has 7 nitrogen and oxygen atoms in total. The number of hydrazone groups is 1. The van der Waals surface area contributed by atoms with Crippen LogP contribution in [0.4, 0.5) is 10.1 Å². The maximum atomic E-state index is 13.6. The van der Waals surface area contributed by atoms with E-state index < -0.39 is 23.5 Å². The summed E-state index contributed by atoms with van der Waals surface area (Å²) in [6.07, 6.45) is 1.43. The first-order valence-electron chi connectivity index (χ1n) is 9.24. The highest BCUT2D eigenvalue weighted by Crippen LogP contribution is 2.28. The van der Waals surface area contributed by atoms with E-state index in [4.69, 9.17) is 9.47 Å². The molecule has 0 aliphatic rings. The number of nitrogens with one attached hydrogen (secondary N) is 2. The first-order chi connectivity index (χ1) is 14.0. The van der Waals surface area contributed by atoms with E-state index in [1.54, 1.807) is 24.3 Å². The highest BCUT2D eigenvalue weighted by Gasteiger charge is 2.22. The Balaban J connectivity index is 1.96. The monoisotopic (exact) mass is 401 g/mol. The molecule has 2 aromatic rings. The van der Waals surface area contributed by atoms with Crippen molar-refractivity contribution in [3.05, 3.63) is 53.8 Å². The molecule has 0 fully saturated rings. The Morgan fingerprint density at radius 3 is 2.45 bits per heavy atom. The fourth-order valence-electron chi connectivity index (χ4n) is 2.34. The Kier molecular flexibility index (Phi) is 8.14. The van der Waals surface area contributed by atoms with Gasteiger partial charge in [0.2, 0.25) is 5.91 Å². The molecule has 0 saturated heterocycles. The average molecular weight is 401 g/mol. The summed E-state index contributed by atoms with van der Waals surface area (Å²) in [5.41, 5.74) is 3.00. The molecule has 2 aromatic carbocycles. The van der Waals surface area contributed by atoms with E-state index in [2.05, 4.69) is 15.8 Å². The largest absolute Gasteiger partial charge is 0.490 e. The van der Waals surface area contributed by atoms with E-state index in [0.717, 1.165) is 0 Å². The molecule has 2 amide bonds. The Labute approximate surface area is 168 Å². The SMILES string of the molecule is CCOc1ccc(C=NNC(=O)C(C)C(=O)Nc2ccccc2F)cc1OCC. The smallest absolute Gasteiger partial charge is 0.252 e. The number of hydrogen-bond acceptors (Lipinski definition) is 5. The average Bonchev–Trinajstić information content (AvgIpc) is 2.71. The highest BCUT2D eigenvalue weighted by molar-refractivity contribution is 6.06.